The second kappa shape index (κ2) is 7.70. The molecule has 0 spiro atoms. The van der Waals surface area contributed by atoms with Crippen molar-refractivity contribution < 1.29 is 4.79 Å². The van der Waals surface area contributed by atoms with Crippen LogP contribution < -0.4 is 4.90 Å². The van der Waals surface area contributed by atoms with Crippen LogP contribution in [0.4, 0.5) is 5.95 Å². The number of aromatic nitrogens is 2. The Balaban J connectivity index is 2.04. The molecule has 1 aromatic rings. The lowest BCUT2D eigenvalue weighted by atomic mass is 10.1. The van der Waals surface area contributed by atoms with Gasteiger partial charge in [-0.25, -0.2) is 9.97 Å². The minimum atomic E-state index is 0.0134. The predicted octanol–water partition coefficient (Wildman–Crippen LogP) is -0.00560. The molecule has 2 rings (SSSR count). The third kappa shape index (κ3) is 4.87. The van der Waals surface area contributed by atoms with Gasteiger partial charge in [-0.15, -0.1) is 0 Å². The largest absolute Gasteiger partial charge is 0.348 e. The number of anilines is 1. The molecule has 0 aliphatic carbocycles. The van der Waals surface area contributed by atoms with E-state index in [0.717, 1.165) is 38.3 Å². The lowest BCUT2D eigenvalue weighted by molar-refractivity contribution is -0.133. The highest BCUT2D eigenvalue weighted by atomic mass is 16.2. The molecule has 0 N–H and O–H groups in total. The van der Waals surface area contributed by atoms with Gasteiger partial charge in [0.2, 0.25) is 11.9 Å². The zero-order chi connectivity index (χ0) is 17.0. The van der Waals surface area contributed by atoms with Gasteiger partial charge >= 0.3 is 0 Å². The van der Waals surface area contributed by atoms with Crippen molar-refractivity contribution in [3.63, 3.8) is 0 Å². The van der Waals surface area contributed by atoms with Crippen molar-refractivity contribution in [2.24, 2.45) is 5.92 Å². The molecule has 1 aliphatic heterocycles. The molecule has 1 aliphatic rings. The van der Waals surface area contributed by atoms with Crippen molar-refractivity contribution in [3.8, 4) is 0 Å². The second-order valence-electron chi connectivity index (χ2n) is 6.71. The summed E-state index contributed by atoms with van der Waals surface area (Å²) in [7, 11) is 9.58. The molecule has 1 saturated heterocycles. The van der Waals surface area contributed by atoms with E-state index in [2.05, 4.69) is 26.8 Å². The minimum Gasteiger partial charge on any atom is -0.348 e. The zero-order valence-corrected chi connectivity index (χ0v) is 14.9. The van der Waals surface area contributed by atoms with Gasteiger partial charge in [-0.3, -0.25) is 9.69 Å². The fourth-order valence-electron chi connectivity index (χ4n) is 2.82. The van der Waals surface area contributed by atoms with Crippen LogP contribution in [-0.4, -0.2) is 92.0 Å². The SMILES string of the molecule is CN1CCN(Cc2cnc(N(C)C)nc2)CC(C(=O)N(C)C)C1. The molecular formula is C16H28N6O. The number of nitrogens with zero attached hydrogens (tertiary/aromatic N) is 6. The predicted molar refractivity (Wildman–Crippen MR) is 91.3 cm³/mol. The maximum atomic E-state index is 12.4. The molecule has 0 aromatic carbocycles. The van der Waals surface area contributed by atoms with Crippen LogP contribution in [0.2, 0.25) is 0 Å². The van der Waals surface area contributed by atoms with Crippen molar-refractivity contribution in [1.29, 1.82) is 0 Å². The molecule has 1 atom stereocenters. The number of amides is 1. The van der Waals surface area contributed by atoms with Crippen molar-refractivity contribution >= 4 is 11.9 Å². The Kier molecular flexibility index (Phi) is 5.90. The fraction of sp³-hybridized carbons (Fsp3) is 0.688. The second-order valence-corrected chi connectivity index (χ2v) is 6.71. The summed E-state index contributed by atoms with van der Waals surface area (Å²) in [4.78, 5) is 29.2. The summed E-state index contributed by atoms with van der Waals surface area (Å²) >= 11 is 0. The number of carbonyl (C=O) groups is 1. The monoisotopic (exact) mass is 320 g/mol. The molecular weight excluding hydrogens is 292 g/mol. The topological polar surface area (TPSA) is 55.8 Å². The number of likely N-dealkylation sites (N-methyl/N-ethyl adjacent to an activating group) is 1. The average Bonchev–Trinajstić information content (AvgIpc) is 2.69. The van der Waals surface area contributed by atoms with E-state index in [4.69, 9.17) is 0 Å². The third-order valence-electron chi connectivity index (χ3n) is 4.10. The van der Waals surface area contributed by atoms with Crippen LogP contribution in [0, 0.1) is 5.92 Å². The van der Waals surface area contributed by atoms with Gasteiger partial charge in [-0.2, -0.15) is 0 Å². The Hall–Kier alpha value is -1.73. The van der Waals surface area contributed by atoms with Gasteiger partial charge in [0.25, 0.3) is 0 Å². The summed E-state index contributed by atoms with van der Waals surface area (Å²) < 4.78 is 0. The number of rotatable bonds is 4. The summed E-state index contributed by atoms with van der Waals surface area (Å²) in [5, 5.41) is 0. The molecule has 1 fully saturated rings. The lowest BCUT2D eigenvalue weighted by Gasteiger charge is -2.25. The Morgan fingerprint density at radius 3 is 2.39 bits per heavy atom. The number of hydrogen-bond acceptors (Lipinski definition) is 6. The van der Waals surface area contributed by atoms with Gasteiger partial charge in [0.15, 0.2) is 0 Å². The first-order valence-corrected chi connectivity index (χ1v) is 7.97. The fourth-order valence-corrected chi connectivity index (χ4v) is 2.82. The van der Waals surface area contributed by atoms with Gasteiger partial charge in [0.05, 0.1) is 5.92 Å². The van der Waals surface area contributed by atoms with Crippen LogP contribution in [0.5, 0.6) is 0 Å². The molecule has 128 valence electrons. The third-order valence-corrected chi connectivity index (χ3v) is 4.10. The van der Waals surface area contributed by atoms with Crippen LogP contribution in [0.15, 0.2) is 12.4 Å². The standard InChI is InChI=1S/C16H28N6O/c1-19(2)15(23)14-11-21(5)6-7-22(12-14)10-13-8-17-16(18-9-13)20(3)4/h8-9,14H,6-7,10-12H2,1-5H3. The van der Waals surface area contributed by atoms with Gasteiger partial charge in [0.1, 0.15) is 0 Å². The Morgan fingerprint density at radius 1 is 1.17 bits per heavy atom. The Bertz CT molecular complexity index is 516. The lowest BCUT2D eigenvalue weighted by Crippen LogP contribution is -2.40. The molecule has 0 saturated carbocycles. The quantitative estimate of drug-likeness (QED) is 0.778. The summed E-state index contributed by atoms with van der Waals surface area (Å²) in [6.45, 7) is 4.27. The molecule has 7 nitrogen and oxygen atoms in total. The van der Waals surface area contributed by atoms with E-state index in [0.29, 0.717) is 5.95 Å². The van der Waals surface area contributed by atoms with Crippen LogP contribution in [0.3, 0.4) is 0 Å². The summed E-state index contributed by atoms with van der Waals surface area (Å²) in [6, 6.07) is 0. The normalized spacial score (nSPS) is 20.1. The highest BCUT2D eigenvalue weighted by molar-refractivity contribution is 5.78. The van der Waals surface area contributed by atoms with Crippen molar-refractivity contribution in [3.05, 3.63) is 18.0 Å². The first kappa shape index (κ1) is 17.6. The van der Waals surface area contributed by atoms with E-state index in [1.807, 2.05) is 45.5 Å². The zero-order valence-electron chi connectivity index (χ0n) is 14.9. The van der Waals surface area contributed by atoms with Crippen LogP contribution >= 0.6 is 0 Å². The van der Waals surface area contributed by atoms with E-state index >= 15 is 0 Å². The van der Waals surface area contributed by atoms with Gasteiger partial charge in [-0.1, -0.05) is 0 Å². The van der Waals surface area contributed by atoms with Crippen LogP contribution in [0.25, 0.3) is 0 Å². The van der Waals surface area contributed by atoms with E-state index in [1.165, 1.54) is 0 Å². The molecule has 2 heterocycles. The van der Waals surface area contributed by atoms with Crippen LogP contribution in [0.1, 0.15) is 5.56 Å². The van der Waals surface area contributed by atoms with Gasteiger partial charge in [0, 0.05) is 78.9 Å². The summed E-state index contributed by atoms with van der Waals surface area (Å²) in [6.07, 6.45) is 3.75. The molecule has 0 bridgehead atoms. The molecule has 23 heavy (non-hydrogen) atoms. The maximum Gasteiger partial charge on any atom is 0.227 e. The average molecular weight is 320 g/mol. The summed E-state index contributed by atoms with van der Waals surface area (Å²) in [5.41, 5.74) is 1.08. The van der Waals surface area contributed by atoms with Crippen molar-refractivity contribution in [2.45, 2.75) is 6.54 Å². The molecule has 1 unspecified atom stereocenters. The number of carbonyl (C=O) groups excluding carboxylic acids is 1. The molecule has 1 amide bonds. The van der Waals surface area contributed by atoms with Gasteiger partial charge in [-0.05, 0) is 7.05 Å². The maximum absolute atomic E-state index is 12.4. The van der Waals surface area contributed by atoms with Crippen LogP contribution in [-0.2, 0) is 11.3 Å². The highest BCUT2D eigenvalue weighted by Crippen LogP contribution is 2.14. The van der Waals surface area contributed by atoms with E-state index in [-0.39, 0.29) is 11.8 Å². The Morgan fingerprint density at radius 2 is 1.83 bits per heavy atom. The van der Waals surface area contributed by atoms with E-state index < -0.39 is 0 Å². The smallest absolute Gasteiger partial charge is 0.227 e. The molecule has 0 radical (unpaired) electrons. The Labute approximate surface area is 138 Å². The van der Waals surface area contributed by atoms with E-state index in [9.17, 15) is 4.79 Å². The summed E-state index contributed by atoms with van der Waals surface area (Å²) in [5.74, 6) is 0.924. The van der Waals surface area contributed by atoms with Gasteiger partial charge < -0.3 is 14.7 Å². The number of hydrogen-bond donors (Lipinski definition) is 0. The van der Waals surface area contributed by atoms with Crippen molar-refractivity contribution in [1.82, 2.24) is 24.7 Å². The molecule has 1 aromatic heterocycles. The highest BCUT2D eigenvalue weighted by Gasteiger charge is 2.27. The van der Waals surface area contributed by atoms with Crippen molar-refractivity contribution in [2.75, 3.05) is 66.3 Å². The van der Waals surface area contributed by atoms with E-state index in [1.54, 1.807) is 4.90 Å². The minimum absolute atomic E-state index is 0.0134. The molecule has 7 heteroatoms. The first-order valence-electron chi connectivity index (χ1n) is 7.97. The first-order chi connectivity index (χ1) is 10.9.